The molecule has 0 saturated heterocycles. The minimum absolute atomic E-state index is 0.0801. The summed E-state index contributed by atoms with van der Waals surface area (Å²) in [6.07, 6.45) is 16.6. The van der Waals surface area contributed by atoms with Gasteiger partial charge in [0.15, 0.2) is 0 Å². The van der Waals surface area contributed by atoms with Gasteiger partial charge in [0.25, 0.3) is 0 Å². The molecule has 2 unspecified atom stereocenters. The molecule has 6 aliphatic carbocycles. The van der Waals surface area contributed by atoms with Crippen molar-refractivity contribution in [1.82, 2.24) is 0 Å². The lowest BCUT2D eigenvalue weighted by molar-refractivity contribution is -0.105. The van der Waals surface area contributed by atoms with E-state index in [0.29, 0.717) is 11.8 Å². The van der Waals surface area contributed by atoms with Crippen LogP contribution in [0.15, 0.2) is 121 Å². The van der Waals surface area contributed by atoms with Crippen molar-refractivity contribution in [2.24, 2.45) is 29.6 Å². The largest absolute Gasteiger partial charge is 0.483 e. The molecule has 0 radical (unpaired) electrons. The Balaban J connectivity index is 1.18. The first-order valence-corrected chi connectivity index (χ1v) is 19.5. The highest BCUT2D eigenvalue weighted by Crippen LogP contribution is 2.70. The molecule has 2 heteroatoms. The standard InChI is InChI=1S/C48H51NO/c1-46(2)23-24-47(3,4)42-30-37(21-22-39(42)46)49(36-15-9-6-10-16-36)43-20-12-19-41-45(43)50-44-38(33-13-7-5-8-14-33)17-11-18-40(44)48(41)34-26-31-25-32(28-34)29-35(48)27-31/h5-22,30-32,34-35,41,45H,23-29H2,1-4H3. The number of para-hydroxylation sites is 2. The highest BCUT2D eigenvalue weighted by Gasteiger charge is 2.65. The van der Waals surface area contributed by atoms with Gasteiger partial charge in [-0.15, -0.1) is 0 Å². The quantitative estimate of drug-likeness (QED) is 0.217. The van der Waals surface area contributed by atoms with Crippen molar-refractivity contribution in [3.05, 3.63) is 138 Å². The van der Waals surface area contributed by atoms with Gasteiger partial charge >= 0.3 is 0 Å². The number of fused-ring (bicyclic) bond motifs is 3. The topological polar surface area (TPSA) is 12.5 Å². The molecule has 1 heterocycles. The highest BCUT2D eigenvalue weighted by molar-refractivity contribution is 5.76. The molecule has 0 amide bonds. The first kappa shape index (κ1) is 30.8. The van der Waals surface area contributed by atoms with Crippen LogP contribution in [-0.2, 0) is 16.2 Å². The second kappa shape index (κ2) is 11.0. The van der Waals surface area contributed by atoms with Crippen molar-refractivity contribution in [2.45, 2.75) is 95.0 Å². The molecule has 2 atom stereocenters. The van der Waals surface area contributed by atoms with E-state index in [0.717, 1.165) is 17.6 Å². The molecule has 1 spiro atoms. The van der Waals surface area contributed by atoms with Crippen LogP contribution in [0.1, 0.15) is 89.3 Å². The summed E-state index contributed by atoms with van der Waals surface area (Å²) in [5.74, 6) is 4.61. The summed E-state index contributed by atoms with van der Waals surface area (Å²) in [5.41, 5.74) is 11.1. The molecule has 50 heavy (non-hydrogen) atoms. The normalized spacial score (nSPS) is 32.0. The van der Waals surface area contributed by atoms with Crippen molar-refractivity contribution in [3.8, 4) is 16.9 Å². The van der Waals surface area contributed by atoms with Gasteiger partial charge in [-0.05, 0) is 126 Å². The zero-order chi connectivity index (χ0) is 33.8. The van der Waals surface area contributed by atoms with Crippen molar-refractivity contribution < 1.29 is 4.74 Å². The van der Waals surface area contributed by atoms with Crippen LogP contribution >= 0.6 is 0 Å². The molecule has 7 aliphatic rings. The Labute approximate surface area is 299 Å². The van der Waals surface area contributed by atoms with E-state index in [2.05, 4.69) is 148 Å². The van der Waals surface area contributed by atoms with Crippen LogP contribution in [0.5, 0.6) is 5.75 Å². The van der Waals surface area contributed by atoms with Gasteiger partial charge in [-0.3, -0.25) is 0 Å². The molecule has 4 aromatic rings. The minimum Gasteiger partial charge on any atom is -0.483 e. The Bertz CT molecular complexity index is 1990. The number of ether oxygens (including phenoxy) is 1. The summed E-state index contributed by atoms with van der Waals surface area (Å²) in [4.78, 5) is 2.55. The average Bonchev–Trinajstić information content (AvgIpc) is 3.12. The summed E-state index contributed by atoms with van der Waals surface area (Å²) in [6.45, 7) is 9.74. The fraction of sp³-hybridized carbons (Fsp3) is 0.417. The van der Waals surface area contributed by atoms with Crippen LogP contribution in [0.25, 0.3) is 11.1 Å². The Morgan fingerprint density at radius 2 is 1.28 bits per heavy atom. The molecule has 254 valence electrons. The van der Waals surface area contributed by atoms with E-state index in [4.69, 9.17) is 4.74 Å². The maximum absolute atomic E-state index is 7.61. The van der Waals surface area contributed by atoms with Gasteiger partial charge in [-0.25, -0.2) is 0 Å². The van der Waals surface area contributed by atoms with Gasteiger partial charge in [0, 0.05) is 33.8 Å². The van der Waals surface area contributed by atoms with E-state index >= 15 is 0 Å². The number of hydrogen-bond donors (Lipinski definition) is 0. The smallest absolute Gasteiger partial charge is 0.146 e. The van der Waals surface area contributed by atoms with Crippen LogP contribution in [0.3, 0.4) is 0 Å². The molecular formula is C48H51NO. The van der Waals surface area contributed by atoms with E-state index in [-0.39, 0.29) is 28.3 Å². The molecule has 2 nitrogen and oxygen atoms in total. The van der Waals surface area contributed by atoms with Gasteiger partial charge in [-0.1, -0.05) is 113 Å². The van der Waals surface area contributed by atoms with Crippen molar-refractivity contribution in [1.29, 1.82) is 0 Å². The zero-order valence-corrected chi connectivity index (χ0v) is 30.2. The average molecular weight is 658 g/mol. The lowest BCUT2D eigenvalue weighted by Crippen LogP contribution is -2.64. The van der Waals surface area contributed by atoms with Crippen LogP contribution in [0.2, 0.25) is 0 Å². The number of allylic oxidation sites excluding steroid dienone is 2. The molecular weight excluding hydrogens is 607 g/mol. The van der Waals surface area contributed by atoms with Crippen LogP contribution < -0.4 is 9.64 Å². The number of anilines is 2. The van der Waals surface area contributed by atoms with Gasteiger partial charge < -0.3 is 9.64 Å². The summed E-state index contributed by atoms with van der Waals surface area (Å²) >= 11 is 0. The second-order valence-electron chi connectivity index (χ2n) is 18.0. The maximum atomic E-state index is 7.61. The van der Waals surface area contributed by atoms with Crippen molar-refractivity contribution in [2.75, 3.05) is 4.90 Å². The number of rotatable bonds is 4. The molecule has 4 bridgehead atoms. The van der Waals surface area contributed by atoms with E-state index < -0.39 is 0 Å². The minimum atomic E-state index is -0.0874. The first-order valence-electron chi connectivity index (χ1n) is 19.5. The predicted octanol–water partition coefficient (Wildman–Crippen LogP) is 12.1. The van der Waals surface area contributed by atoms with Crippen LogP contribution in [0.4, 0.5) is 11.4 Å². The third-order valence-corrected chi connectivity index (χ3v) is 14.4. The van der Waals surface area contributed by atoms with Gasteiger partial charge in [-0.2, -0.15) is 0 Å². The van der Waals surface area contributed by atoms with Crippen molar-refractivity contribution >= 4 is 11.4 Å². The maximum Gasteiger partial charge on any atom is 0.146 e. The summed E-state index contributed by atoms with van der Waals surface area (Å²) < 4.78 is 7.61. The Morgan fingerprint density at radius 3 is 1.98 bits per heavy atom. The zero-order valence-electron chi connectivity index (χ0n) is 30.2. The molecule has 0 aromatic heterocycles. The van der Waals surface area contributed by atoms with E-state index in [9.17, 15) is 0 Å². The lowest BCUT2D eigenvalue weighted by atomic mass is 9.39. The van der Waals surface area contributed by atoms with E-state index in [1.165, 1.54) is 89.8 Å². The Morgan fingerprint density at radius 1 is 0.620 bits per heavy atom. The SMILES string of the molecule is CC1(C)CCC(C)(C)c2cc(N(C3=CC=CC4C3Oc3c(-c5ccccc5)cccc3C43C4CC5CC(C4)CC3C5)c3ccccc3)ccc21. The lowest BCUT2D eigenvalue weighted by Gasteiger charge is -2.66. The monoisotopic (exact) mass is 657 g/mol. The molecule has 4 fully saturated rings. The van der Waals surface area contributed by atoms with E-state index in [1.807, 2.05) is 0 Å². The Hall–Kier alpha value is -4.04. The molecule has 4 aromatic carbocycles. The predicted molar refractivity (Wildman–Crippen MR) is 206 cm³/mol. The molecule has 4 saturated carbocycles. The van der Waals surface area contributed by atoms with E-state index in [1.54, 1.807) is 0 Å². The fourth-order valence-corrected chi connectivity index (χ4v) is 12.2. The summed E-state index contributed by atoms with van der Waals surface area (Å²) in [6, 6.07) is 36.6. The van der Waals surface area contributed by atoms with Crippen LogP contribution in [-0.4, -0.2) is 6.10 Å². The molecule has 11 rings (SSSR count). The Kier molecular flexibility index (Phi) is 6.75. The third-order valence-electron chi connectivity index (χ3n) is 14.4. The number of benzene rings is 4. The third kappa shape index (κ3) is 4.39. The molecule has 0 N–H and O–H groups in total. The highest BCUT2D eigenvalue weighted by atomic mass is 16.5. The fourth-order valence-electron chi connectivity index (χ4n) is 12.2. The molecule has 1 aliphatic heterocycles. The summed E-state index contributed by atoms with van der Waals surface area (Å²) in [5, 5.41) is 0. The van der Waals surface area contributed by atoms with Gasteiger partial charge in [0.05, 0.1) is 5.70 Å². The second-order valence-corrected chi connectivity index (χ2v) is 18.0. The number of nitrogens with zero attached hydrogens (tertiary/aromatic N) is 1. The first-order chi connectivity index (χ1) is 24.2. The van der Waals surface area contributed by atoms with Crippen molar-refractivity contribution in [3.63, 3.8) is 0 Å². The van der Waals surface area contributed by atoms with Gasteiger partial charge in [0.2, 0.25) is 0 Å². The van der Waals surface area contributed by atoms with Crippen LogP contribution in [0, 0.1) is 29.6 Å². The number of hydrogen-bond acceptors (Lipinski definition) is 2. The van der Waals surface area contributed by atoms with Gasteiger partial charge in [0.1, 0.15) is 11.9 Å². The summed E-state index contributed by atoms with van der Waals surface area (Å²) in [7, 11) is 0.